The highest BCUT2D eigenvalue weighted by molar-refractivity contribution is 7.91. The molecular weight excluding hydrogens is 190 g/mol. The summed E-state index contributed by atoms with van der Waals surface area (Å²) in [7, 11) is -2.84. The van der Waals surface area contributed by atoms with Crippen molar-refractivity contribution in [1.82, 2.24) is 0 Å². The van der Waals surface area contributed by atoms with Crippen molar-refractivity contribution in [2.45, 2.75) is 19.4 Å². The molecule has 0 spiro atoms. The van der Waals surface area contributed by atoms with Crippen LogP contribution < -0.4 is 5.73 Å². The normalized spacial score (nSPS) is 31.5. The molecule has 3 unspecified atom stereocenters. The third-order valence-electron chi connectivity index (χ3n) is 2.76. The lowest BCUT2D eigenvalue weighted by molar-refractivity contribution is 0.195. The standard InChI is InChI=1S/C8H17NO3S/c1-6(4-10)8(9)7-2-3-13(11,12)5-7/h6-8,10H,2-5,9H2,1H3. The van der Waals surface area contributed by atoms with Gasteiger partial charge in [-0.2, -0.15) is 0 Å². The van der Waals surface area contributed by atoms with Gasteiger partial charge in [-0.15, -0.1) is 0 Å². The molecule has 5 heteroatoms. The topological polar surface area (TPSA) is 80.4 Å². The molecule has 0 aromatic heterocycles. The van der Waals surface area contributed by atoms with Gasteiger partial charge in [-0.25, -0.2) is 8.42 Å². The molecule has 1 saturated heterocycles. The Morgan fingerprint density at radius 2 is 2.23 bits per heavy atom. The van der Waals surface area contributed by atoms with E-state index < -0.39 is 9.84 Å². The molecule has 13 heavy (non-hydrogen) atoms. The average Bonchev–Trinajstić information content (AvgIpc) is 2.43. The van der Waals surface area contributed by atoms with Gasteiger partial charge in [-0.1, -0.05) is 6.92 Å². The second-order valence-corrected chi connectivity index (χ2v) is 6.13. The van der Waals surface area contributed by atoms with Crippen LogP contribution in [0.3, 0.4) is 0 Å². The maximum Gasteiger partial charge on any atom is 0.150 e. The Kier molecular flexibility index (Phi) is 3.32. The molecule has 0 bridgehead atoms. The number of sulfone groups is 1. The zero-order valence-electron chi connectivity index (χ0n) is 7.81. The number of nitrogens with two attached hydrogens (primary N) is 1. The van der Waals surface area contributed by atoms with Gasteiger partial charge in [0.2, 0.25) is 0 Å². The van der Waals surface area contributed by atoms with Crippen molar-refractivity contribution in [3.05, 3.63) is 0 Å². The molecule has 0 aromatic rings. The smallest absolute Gasteiger partial charge is 0.150 e. The molecule has 78 valence electrons. The van der Waals surface area contributed by atoms with E-state index in [1.807, 2.05) is 6.92 Å². The van der Waals surface area contributed by atoms with E-state index in [2.05, 4.69) is 0 Å². The Balaban J connectivity index is 2.56. The molecule has 0 amide bonds. The minimum absolute atomic E-state index is 0.0155. The molecule has 0 aromatic carbocycles. The summed E-state index contributed by atoms with van der Waals surface area (Å²) >= 11 is 0. The fourth-order valence-electron chi connectivity index (χ4n) is 1.71. The Hall–Kier alpha value is -0.130. The van der Waals surface area contributed by atoms with Gasteiger partial charge in [0.05, 0.1) is 11.5 Å². The number of aliphatic hydroxyl groups excluding tert-OH is 1. The number of rotatable bonds is 3. The summed E-state index contributed by atoms with van der Waals surface area (Å²) in [4.78, 5) is 0. The van der Waals surface area contributed by atoms with Crippen LogP contribution in [0.1, 0.15) is 13.3 Å². The third-order valence-corrected chi connectivity index (χ3v) is 4.55. The van der Waals surface area contributed by atoms with Crippen LogP contribution in [0, 0.1) is 11.8 Å². The highest BCUT2D eigenvalue weighted by atomic mass is 32.2. The number of hydrogen-bond acceptors (Lipinski definition) is 4. The van der Waals surface area contributed by atoms with Crippen LogP contribution in [0.15, 0.2) is 0 Å². The molecule has 3 atom stereocenters. The number of hydrogen-bond donors (Lipinski definition) is 2. The van der Waals surface area contributed by atoms with Gasteiger partial charge >= 0.3 is 0 Å². The Morgan fingerprint density at radius 3 is 2.62 bits per heavy atom. The van der Waals surface area contributed by atoms with Crippen molar-refractivity contribution in [2.24, 2.45) is 17.6 Å². The van der Waals surface area contributed by atoms with Crippen LogP contribution in [0.2, 0.25) is 0 Å². The molecule has 4 nitrogen and oxygen atoms in total. The van der Waals surface area contributed by atoms with Crippen LogP contribution in [0.4, 0.5) is 0 Å². The number of aliphatic hydroxyl groups is 1. The molecular formula is C8H17NO3S. The molecule has 1 aliphatic heterocycles. The fourth-order valence-corrected chi connectivity index (χ4v) is 3.58. The lowest BCUT2D eigenvalue weighted by atomic mass is 9.90. The van der Waals surface area contributed by atoms with Gasteiger partial charge in [-0.05, 0) is 18.3 Å². The van der Waals surface area contributed by atoms with Crippen LogP contribution in [0.25, 0.3) is 0 Å². The molecule has 1 fully saturated rings. The average molecular weight is 207 g/mol. The van der Waals surface area contributed by atoms with Gasteiger partial charge < -0.3 is 10.8 Å². The van der Waals surface area contributed by atoms with Crippen molar-refractivity contribution in [1.29, 1.82) is 0 Å². The molecule has 3 N–H and O–H groups in total. The summed E-state index contributed by atoms with van der Waals surface area (Å²) in [6.45, 7) is 1.87. The minimum atomic E-state index is -2.84. The molecule has 0 radical (unpaired) electrons. The van der Waals surface area contributed by atoms with Gasteiger partial charge in [0.15, 0.2) is 9.84 Å². The van der Waals surface area contributed by atoms with Crippen molar-refractivity contribution >= 4 is 9.84 Å². The quantitative estimate of drug-likeness (QED) is 0.646. The molecule has 0 saturated carbocycles. The monoisotopic (exact) mass is 207 g/mol. The van der Waals surface area contributed by atoms with E-state index in [0.717, 1.165) is 0 Å². The summed E-state index contributed by atoms with van der Waals surface area (Å²) in [6, 6.07) is -0.192. The largest absolute Gasteiger partial charge is 0.396 e. The van der Waals surface area contributed by atoms with E-state index in [1.165, 1.54) is 0 Å². The summed E-state index contributed by atoms with van der Waals surface area (Å²) in [6.07, 6.45) is 0.647. The Labute approximate surface area is 79.0 Å². The van der Waals surface area contributed by atoms with Gasteiger partial charge in [0.25, 0.3) is 0 Å². The van der Waals surface area contributed by atoms with E-state index in [-0.39, 0.29) is 36.0 Å². The maximum atomic E-state index is 11.1. The molecule has 1 aliphatic rings. The Morgan fingerprint density at radius 1 is 1.62 bits per heavy atom. The molecule has 0 aliphatic carbocycles. The van der Waals surface area contributed by atoms with Gasteiger partial charge in [0.1, 0.15) is 0 Å². The highest BCUT2D eigenvalue weighted by Crippen LogP contribution is 2.24. The van der Waals surface area contributed by atoms with Crippen LogP contribution in [-0.4, -0.2) is 37.7 Å². The first-order chi connectivity index (χ1) is 5.96. The third kappa shape index (κ3) is 2.65. The second kappa shape index (κ2) is 3.94. The van der Waals surface area contributed by atoms with Crippen molar-refractivity contribution in [3.63, 3.8) is 0 Å². The molecule has 1 heterocycles. The SMILES string of the molecule is CC(CO)C(N)C1CCS(=O)(=O)C1. The summed E-state index contributed by atoms with van der Waals surface area (Å²) in [5.41, 5.74) is 5.83. The second-order valence-electron chi connectivity index (χ2n) is 3.90. The first kappa shape index (κ1) is 10.9. The lowest BCUT2D eigenvalue weighted by Gasteiger charge is -2.22. The zero-order valence-corrected chi connectivity index (χ0v) is 8.63. The lowest BCUT2D eigenvalue weighted by Crippen LogP contribution is -2.38. The predicted octanol–water partition coefficient (Wildman–Crippen LogP) is -0.623. The van der Waals surface area contributed by atoms with Gasteiger partial charge in [0, 0.05) is 12.6 Å². The fraction of sp³-hybridized carbons (Fsp3) is 1.00. The summed E-state index contributed by atoms with van der Waals surface area (Å²) in [5, 5.41) is 8.87. The zero-order chi connectivity index (χ0) is 10.1. The highest BCUT2D eigenvalue weighted by Gasteiger charge is 2.33. The maximum absolute atomic E-state index is 11.1. The summed E-state index contributed by atoms with van der Waals surface area (Å²) < 4.78 is 22.3. The first-order valence-corrected chi connectivity index (χ1v) is 6.35. The van der Waals surface area contributed by atoms with E-state index >= 15 is 0 Å². The van der Waals surface area contributed by atoms with Crippen LogP contribution >= 0.6 is 0 Å². The van der Waals surface area contributed by atoms with E-state index in [0.29, 0.717) is 6.42 Å². The predicted molar refractivity (Wildman–Crippen MR) is 51.0 cm³/mol. The summed E-state index contributed by atoms with van der Waals surface area (Å²) in [5.74, 6) is 0.465. The first-order valence-electron chi connectivity index (χ1n) is 4.53. The van der Waals surface area contributed by atoms with Crippen molar-refractivity contribution < 1.29 is 13.5 Å². The van der Waals surface area contributed by atoms with E-state index in [4.69, 9.17) is 10.8 Å². The van der Waals surface area contributed by atoms with Crippen LogP contribution in [0.5, 0.6) is 0 Å². The van der Waals surface area contributed by atoms with Crippen molar-refractivity contribution in [2.75, 3.05) is 18.1 Å². The minimum Gasteiger partial charge on any atom is -0.396 e. The van der Waals surface area contributed by atoms with Crippen molar-refractivity contribution in [3.8, 4) is 0 Å². The molecule has 1 rings (SSSR count). The van der Waals surface area contributed by atoms with E-state index in [1.54, 1.807) is 0 Å². The Bertz CT molecular complexity index is 263. The van der Waals surface area contributed by atoms with Gasteiger partial charge in [-0.3, -0.25) is 0 Å². The van der Waals surface area contributed by atoms with E-state index in [9.17, 15) is 8.42 Å². The van der Waals surface area contributed by atoms with Crippen LogP contribution in [-0.2, 0) is 9.84 Å².